The normalized spacial score (nSPS) is 12.5. The summed E-state index contributed by atoms with van der Waals surface area (Å²) in [5.74, 6) is 0.431. The van der Waals surface area contributed by atoms with Crippen molar-refractivity contribution in [3.8, 4) is 5.75 Å². The molecule has 0 heterocycles. The van der Waals surface area contributed by atoms with E-state index in [9.17, 15) is 5.11 Å². The van der Waals surface area contributed by atoms with E-state index in [1.165, 1.54) is 16.7 Å². The lowest BCUT2D eigenvalue weighted by Crippen LogP contribution is -2.13. The van der Waals surface area contributed by atoms with Gasteiger partial charge in [-0.3, -0.25) is 0 Å². The average molecular weight is 324 g/mol. The van der Waals surface area contributed by atoms with Crippen LogP contribution in [0.15, 0.2) is 24.3 Å². The van der Waals surface area contributed by atoms with E-state index in [1.54, 1.807) is 0 Å². The predicted octanol–water partition coefficient (Wildman–Crippen LogP) is 6.00. The third-order valence-corrected chi connectivity index (χ3v) is 4.40. The summed E-state index contributed by atoms with van der Waals surface area (Å²) in [5, 5.41) is 10.8. The Morgan fingerprint density at radius 2 is 1.42 bits per heavy atom. The minimum absolute atomic E-state index is 0.0717. The molecule has 0 amide bonds. The van der Waals surface area contributed by atoms with Gasteiger partial charge in [0.25, 0.3) is 0 Å². The van der Waals surface area contributed by atoms with Gasteiger partial charge >= 0.3 is 0 Å². The van der Waals surface area contributed by atoms with Crippen molar-refractivity contribution in [3.05, 3.63) is 63.7 Å². The molecule has 0 aliphatic carbocycles. The topological polar surface area (TPSA) is 20.2 Å². The van der Waals surface area contributed by atoms with Crippen molar-refractivity contribution >= 4 is 0 Å². The Hall–Kier alpha value is -1.76. The number of benzene rings is 2. The van der Waals surface area contributed by atoms with E-state index >= 15 is 0 Å². The van der Waals surface area contributed by atoms with Gasteiger partial charge in [-0.05, 0) is 53.0 Å². The van der Waals surface area contributed by atoms with Crippen molar-refractivity contribution in [2.75, 3.05) is 0 Å². The molecule has 0 atom stereocenters. The average Bonchev–Trinajstić information content (AvgIpc) is 2.39. The van der Waals surface area contributed by atoms with E-state index < -0.39 is 0 Å². The number of phenolic OH excluding ortho intramolecular Hbond substituents is 1. The summed E-state index contributed by atoms with van der Waals surface area (Å²) in [5.41, 5.74) is 6.81. The van der Waals surface area contributed by atoms with E-state index in [0.717, 1.165) is 16.7 Å². The van der Waals surface area contributed by atoms with Crippen LogP contribution in [0.3, 0.4) is 0 Å². The van der Waals surface area contributed by atoms with Crippen LogP contribution in [-0.4, -0.2) is 5.11 Å². The van der Waals surface area contributed by atoms with Crippen LogP contribution in [0.5, 0.6) is 5.75 Å². The van der Waals surface area contributed by atoms with Gasteiger partial charge in [0, 0.05) is 6.42 Å². The lowest BCUT2D eigenvalue weighted by atomic mass is 9.82. The molecule has 2 aromatic carbocycles. The molecule has 0 saturated carbocycles. The Morgan fingerprint density at radius 1 is 0.833 bits per heavy atom. The first-order valence-electron chi connectivity index (χ1n) is 8.74. The fourth-order valence-corrected chi connectivity index (χ4v) is 3.05. The quantitative estimate of drug-likeness (QED) is 0.719. The number of aromatic hydroxyl groups is 1. The van der Waals surface area contributed by atoms with Gasteiger partial charge < -0.3 is 5.11 Å². The monoisotopic (exact) mass is 323 g/mol. The van der Waals surface area contributed by atoms with Crippen LogP contribution in [0.2, 0.25) is 0 Å². The first-order valence-corrected chi connectivity index (χ1v) is 8.74. The maximum absolute atomic E-state index is 10.8. The number of aryl methyl sites for hydroxylation is 2. The zero-order valence-corrected chi connectivity index (χ0v) is 16.5. The molecular formula is C23H31O. The molecule has 0 saturated heterocycles. The highest BCUT2D eigenvalue weighted by atomic mass is 16.3. The largest absolute Gasteiger partial charge is 0.507 e. The SMILES string of the molecule is Cc1cc(Cc2cc(C)cc(C(C)(C)C)c2O)[c]c(C(C)(C)C)c1. The van der Waals surface area contributed by atoms with Crippen LogP contribution in [0.1, 0.15) is 74.9 Å². The highest BCUT2D eigenvalue weighted by Crippen LogP contribution is 2.35. The van der Waals surface area contributed by atoms with Gasteiger partial charge in [0.2, 0.25) is 0 Å². The van der Waals surface area contributed by atoms with Crippen molar-refractivity contribution in [2.45, 2.75) is 72.6 Å². The summed E-state index contributed by atoms with van der Waals surface area (Å²) in [6, 6.07) is 12.1. The Morgan fingerprint density at radius 3 is 1.96 bits per heavy atom. The lowest BCUT2D eigenvalue weighted by molar-refractivity contribution is 0.441. The molecule has 1 heteroatoms. The molecule has 1 radical (unpaired) electrons. The summed E-state index contributed by atoms with van der Waals surface area (Å²) in [7, 11) is 0. The second-order valence-corrected chi connectivity index (χ2v) is 9.09. The van der Waals surface area contributed by atoms with E-state index in [-0.39, 0.29) is 10.8 Å². The third-order valence-electron chi connectivity index (χ3n) is 4.40. The van der Waals surface area contributed by atoms with Gasteiger partial charge in [0.15, 0.2) is 0 Å². The summed E-state index contributed by atoms with van der Waals surface area (Å²) in [4.78, 5) is 0. The molecule has 0 spiro atoms. The zero-order chi connectivity index (χ0) is 18.3. The van der Waals surface area contributed by atoms with Crippen molar-refractivity contribution in [1.82, 2.24) is 0 Å². The molecule has 2 rings (SSSR count). The molecule has 1 N–H and O–H groups in total. The Bertz CT molecular complexity index is 740. The zero-order valence-electron chi connectivity index (χ0n) is 16.5. The van der Waals surface area contributed by atoms with Crippen molar-refractivity contribution in [3.63, 3.8) is 0 Å². The highest BCUT2D eigenvalue weighted by Gasteiger charge is 2.21. The van der Waals surface area contributed by atoms with Gasteiger partial charge in [0.1, 0.15) is 5.75 Å². The van der Waals surface area contributed by atoms with E-state index in [0.29, 0.717) is 12.2 Å². The third kappa shape index (κ3) is 4.20. The number of phenols is 1. The van der Waals surface area contributed by atoms with Crippen LogP contribution < -0.4 is 0 Å². The Labute approximate surface area is 147 Å². The van der Waals surface area contributed by atoms with E-state index in [2.05, 4.69) is 85.7 Å². The molecule has 24 heavy (non-hydrogen) atoms. The number of rotatable bonds is 2. The predicted molar refractivity (Wildman–Crippen MR) is 103 cm³/mol. The van der Waals surface area contributed by atoms with Gasteiger partial charge in [-0.2, -0.15) is 0 Å². The summed E-state index contributed by atoms with van der Waals surface area (Å²) in [6.07, 6.45) is 0.710. The van der Waals surface area contributed by atoms with Gasteiger partial charge in [-0.25, -0.2) is 0 Å². The van der Waals surface area contributed by atoms with Crippen molar-refractivity contribution < 1.29 is 5.11 Å². The van der Waals surface area contributed by atoms with E-state index in [1.807, 2.05) is 0 Å². The standard InChI is InChI=1S/C23H31O/c1-15-9-17(14-19(11-15)22(3,4)5)13-18-10-16(2)12-20(21(18)24)23(6,7)8/h9-12,24H,13H2,1-8H3. The summed E-state index contributed by atoms with van der Waals surface area (Å²) < 4.78 is 0. The fraction of sp³-hybridized carbons (Fsp3) is 0.478. The van der Waals surface area contributed by atoms with E-state index in [4.69, 9.17) is 0 Å². The molecule has 0 aliphatic rings. The van der Waals surface area contributed by atoms with Gasteiger partial charge in [0.05, 0.1) is 0 Å². The molecule has 0 bridgehead atoms. The molecular weight excluding hydrogens is 292 g/mol. The second kappa shape index (κ2) is 6.27. The molecule has 0 fully saturated rings. The summed E-state index contributed by atoms with van der Waals surface area (Å²) in [6.45, 7) is 17.3. The lowest BCUT2D eigenvalue weighted by Gasteiger charge is -2.23. The van der Waals surface area contributed by atoms with Gasteiger partial charge in [-0.15, -0.1) is 0 Å². The smallest absolute Gasteiger partial charge is 0.122 e. The molecule has 0 aliphatic heterocycles. The van der Waals surface area contributed by atoms with Gasteiger partial charge in [-0.1, -0.05) is 76.9 Å². The first-order chi connectivity index (χ1) is 10.9. The fourth-order valence-electron chi connectivity index (χ4n) is 3.05. The molecule has 1 nitrogen and oxygen atoms in total. The van der Waals surface area contributed by atoms with Crippen molar-refractivity contribution in [1.29, 1.82) is 0 Å². The van der Waals surface area contributed by atoms with Crippen molar-refractivity contribution in [2.24, 2.45) is 0 Å². The minimum atomic E-state index is -0.0717. The first kappa shape index (κ1) is 18.6. The minimum Gasteiger partial charge on any atom is -0.507 e. The summed E-state index contributed by atoms with van der Waals surface area (Å²) >= 11 is 0. The Kier molecular flexibility index (Phi) is 4.86. The molecule has 0 aromatic heterocycles. The number of hydrogen-bond donors (Lipinski definition) is 1. The van der Waals surface area contributed by atoms with Crippen LogP contribution in [-0.2, 0) is 17.3 Å². The molecule has 2 aromatic rings. The van der Waals surface area contributed by atoms with Crippen LogP contribution in [0, 0.1) is 19.9 Å². The highest BCUT2D eigenvalue weighted by molar-refractivity contribution is 5.49. The molecule has 129 valence electrons. The number of hydrogen-bond acceptors (Lipinski definition) is 1. The van der Waals surface area contributed by atoms with Crippen LogP contribution in [0.4, 0.5) is 0 Å². The maximum atomic E-state index is 10.8. The van der Waals surface area contributed by atoms with Crippen LogP contribution >= 0.6 is 0 Å². The maximum Gasteiger partial charge on any atom is 0.122 e. The Balaban J connectivity index is 2.49. The van der Waals surface area contributed by atoms with Crippen LogP contribution in [0.25, 0.3) is 0 Å². The second-order valence-electron chi connectivity index (χ2n) is 9.09. The molecule has 0 unspecified atom stereocenters.